The Morgan fingerprint density at radius 3 is 2.55 bits per heavy atom. The summed E-state index contributed by atoms with van der Waals surface area (Å²) < 4.78 is 20.4. The summed E-state index contributed by atoms with van der Waals surface area (Å²) in [7, 11) is 0. The molecule has 1 saturated carbocycles. The number of anilines is 2. The number of hydrogen-bond donors (Lipinski definition) is 5. The zero-order valence-corrected chi connectivity index (χ0v) is 19.2. The quantitative estimate of drug-likeness (QED) is 0.408. The Balaban J connectivity index is 1.71. The van der Waals surface area contributed by atoms with Gasteiger partial charge in [0.15, 0.2) is 0 Å². The molecule has 1 heterocycles. The van der Waals surface area contributed by atoms with Crippen molar-refractivity contribution in [3.63, 3.8) is 0 Å². The number of hydrazine groups is 1. The van der Waals surface area contributed by atoms with Crippen LogP contribution in [0.1, 0.15) is 56.8 Å². The first-order valence-corrected chi connectivity index (χ1v) is 11.1. The number of nitrogens with zero attached hydrogens (tertiary/aromatic N) is 1. The predicted octanol–water partition coefficient (Wildman–Crippen LogP) is 3.05. The van der Waals surface area contributed by atoms with Gasteiger partial charge >= 0.3 is 12.2 Å². The second-order valence-corrected chi connectivity index (χ2v) is 9.49. The lowest BCUT2D eigenvalue weighted by Crippen LogP contribution is -2.43. The van der Waals surface area contributed by atoms with Gasteiger partial charge in [0, 0.05) is 31.4 Å². The minimum atomic E-state index is -1.42. The third kappa shape index (κ3) is 7.40. The van der Waals surface area contributed by atoms with Crippen LogP contribution in [0.2, 0.25) is 0 Å². The summed E-state index contributed by atoms with van der Waals surface area (Å²) >= 11 is 0. The standard InChI is InChI=1S/C22H32FN5O5/c1-22(2,3)33-21(32)24-11-13-5-4-8-28(12-13)18-10-17(25-14-6-7-14)15(9-16(18)23)19(29)26-27-20(30)31/h9-10,13-14,25,27H,4-8,11-12H2,1-3H3,(H,24,32)(H,26,29)(H,30,31). The first-order chi connectivity index (χ1) is 15.5. The molecule has 1 aliphatic heterocycles. The maximum atomic E-state index is 15.1. The molecule has 1 aromatic rings. The number of alkyl carbamates (subject to hydrolysis) is 1. The molecule has 1 aromatic carbocycles. The van der Waals surface area contributed by atoms with Crippen LogP contribution in [0, 0.1) is 11.7 Å². The molecule has 2 aliphatic rings. The van der Waals surface area contributed by atoms with Gasteiger partial charge in [-0.2, -0.15) is 0 Å². The predicted molar refractivity (Wildman–Crippen MR) is 121 cm³/mol. The number of halogens is 1. The van der Waals surface area contributed by atoms with E-state index >= 15 is 4.39 Å². The highest BCUT2D eigenvalue weighted by Crippen LogP contribution is 2.33. The maximum absolute atomic E-state index is 15.1. The average Bonchev–Trinajstić information content (AvgIpc) is 3.54. The Morgan fingerprint density at radius 1 is 1.18 bits per heavy atom. The van der Waals surface area contributed by atoms with Gasteiger partial charge in [0.25, 0.3) is 5.91 Å². The monoisotopic (exact) mass is 465 g/mol. The van der Waals surface area contributed by atoms with E-state index in [1.807, 2.05) is 10.3 Å². The number of carboxylic acid groups (broad SMARTS) is 1. The summed E-state index contributed by atoms with van der Waals surface area (Å²) in [6, 6.07) is 2.93. The van der Waals surface area contributed by atoms with Gasteiger partial charge in [-0.05, 0) is 64.5 Å². The van der Waals surface area contributed by atoms with Crippen LogP contribution in [-0.4, -0.2) is 54.5 Å². The van der Waals surface area contributed by atoms with E-state index in [1.54, 1.807) is 32.3 Å². The molecule has 1 aliphatic carbocycles. The molecule has 10 nitrogen and oxygen atoms in total. The number of piperidine rings is 1. The van der Waals surface area contributed by atoms with Crippen LogP contribution >= 0.6 is 0 Å². The molecule has 3 rings (SSSR count). The van der Waals surface area contributed by atoms with E-state index in [9.17, 15) is 14.4 Å². The zero-order valence-electron chi connectivity index (χ0n) is 19.2. The number of carbonyl (C=O) groups is 3. The van der Waals surface area contributed by atoms with Gasteiger partial charge in [0.1, 0.15) is 11.4 Å². The summed E-state index contributed by atoms with van der Waals surface area (Å²) in [5.41, 5.74) is 4.10. The van der Waals surface area contributed by atoms with Crippen LogP contribution in [0.15, 0.2) is 12.1 Å². The van der Waals surface area contributed by atoms with Crippen molar-refractivity contribution < 1.29 is 28.6 Å². The first-order valence-electron chi connectivity index (χ1n) is 11.1. The van der Waals surface area contributed by atoms with Crippen LogP contribution in [0.25, 0.3) is 0 Å². The van der Waals surface area contributed by atoms with Gasteiger partial charge in [-0.15, -0.1) is 0 Å². The van der Waals surface area contributed by atoms with E-state index in [-0.39, 0.29) is 17.5 Å². The molecule has 5 N–H and O–H groups in total. The Kier molecular flexibility index (Phi) is 7.50. The summed E-state index contributed by atoms with van der Waals surface area (Å²) in [5, 5.41) is 14.7. The zero-order chi connectivity index (χ0) is 24.2. The fraction of sp³-hybridized carbons (Fsp3) is 0.591. The van der Waals surface area contributed by atoms with Crippen molar-refractivity contribution in [2.24, 2.45) is 5.92 Å². The molecule has 1 saturated heterocycles. The number of rotatable bonds is 6. The van der Waals surface area contributed by atoms with Gasteiger partial charge < -0.3 is 25.4 Å². The van der Waals surface area contributed by atoms with Crippen LogP contribution < -0.4 is 26.4 Å². The second kappa shape index (κ2) is 10.1. The van der Waals surface area contributed by atoms with Crippen molar-refractivity contribution >= 4 is 29.5 Å². The number of nitrogens with one attached hydrogen (secondary N) is 4. The van der Waals surface area contributed by atoms with E-state index in [1.165, 1.54) is 0 Å². The molecule has 0 aromatic heterocycles. The molecule has 0 bridgehead atoms. The highest BCUT2D eigenvalue weighted by molar-refractivity contribution is 6.01. The highest BCUT2D eigenvalue weighted by Gasteiger charge is 2.28. The summed E-state index contributed by atoms with van der Waals surface area (Å²) in [5.74, 6) is -1.20. The molecule has 182 valence electrons. The lowest BCUT2D eigenvalue weighted by molar-refractivity contribution is 0.0517. The highest BCUT2D eigenvalue weighted by atomic mass is 19.1. The lowest BCUT2D eigenvalue weighted by Gasteiger charge is -2.35. The molecule has 11 heteroatoms. The topological polar surface area (TPSA) is 132 Å². The maximum Gasteiger partial charge on any atom is 0.423 e. The normalized spacial score (nSPS) is 18.3. The fourth-order valence-corrected chi connectivity index (χ4v) is 3.73. The lowest BCUT2D eigenvalue weighted by atomic mass is 9.97. The van der Waals surface area contributed by atoms with Gasteiger partial charge in [-0.3, -0.25) is 10.2 Å². The van der Waals surface area contributed by atoms with Crippen LogP contribution in [0.3, 0.4) is 0 Å². The summed E-state index contributed by atoms with van der Waals surface area (Å²) in [4.78, 5) is 37.0. The number of carbonyl (C=O) groups excluding carboxylic acids is 2. The molecular formula is C22H32FN5O5. The minimum Gasteiger partial charge on any atom is -0.464 e. The van der Waals surface area contributed by atoms with Crippen molar-refractivity contribution in [3.05, 3.63) is 23.5 Å². The molecule has 1 atom stereocenters. The van der Waals surface area contributed by atoms with Gasteiger partial charge in [-0.1, -0.05) is 0 Å². The summed E-state index contributed by atoms with van der Waals surface area (Å²) in [6.07, 6.45) is 1.72. The molecule has 3 amide bonds. The van der Waals surface area contributed by atoms with Crippen molar-refractivity contribution in [3.8, 4) is 0 Å². The molecule has 33 heavy (non-hydrogen) atoms. The van der Waals surface area contributed by atoms with Crippen molar-refractivity contribution in [2.75, 3.05) is 29.9 Å². The summed E-state index contributed by atoms with van der Waals surface area (Å²) in [6.45, 7) is 7.00. The first kappa shape index (κ1) is 24.4. The van der Waals surface area contributed by atoms with Crippen molar-refractivity contribution in [1.29, 1.82) is 0 Å². The SMILES string of the molecule is CC(C)(C)OC(=O)NCC1CCCN(c2cc(NC3CC3)c(C(=O)NNC(=O)O)cc2F)C1. The van der Waals surface area contributed by atoms with Crippen molar-refractivity contribution in [1.82, 2.24) is 16.2 Å². The smallest absolute Gasteiger partial charge is 0.423 e. The van der Waals surface area contributed by atoms with Gasteiger partial charge in [-0.25, -0.2) is 19.4 Å². The van der Waals surface area contributed by atoms with E-state index in [0.29, 0.717) is 31.0 Å². The van der Waals surface area contributed by atoms with Gasteiger partial charge in [0.05, 0.1) is 11.3 Å². The molecule has 0 radical (unpaired) electrons. The van der Waals surface area contributed by atoms with Crippen LogP contribution in [-0.2, 0) is 4.74 Å². The molecular weight excluding hydrogens is 433 g/mol. The third-order valence-electron chi connectivity index (χ3n) is 5.35. The third-order valence-corrected chi connectivity index (χ3v) is 5.35. The van der Waals surface area contributed by atoms with E-state index in [0.717, 1.165) is 31.7 Å². The van der Waals surface area contributed by atoms with Gasteiger partial charge in [0.2, 0.25) is 0 Å². The van der Waals surface area contributed by atoms with E-state index < -0.39 is 29.5 Å². The number of amides is 3. The molecule has 0 spiro atoms. The van der Waals surface area contributed by atoms with Crippen LogP contribution in [0.5, 0.6) is 0 Å². The van der Waals surface area contributed by atoms with Crippen LogP contribution in [0.4, 0.5) is 25.4 Å². The molecule has 1 unspecified atom stereocenters. The fourth-order valence-electron chi connectivity index (χ4n) is 3.73. The number of benzene rings is 1. The molecule has 2 fully saturated rings. The van der Waals surface area contributed by atoms with E-state index in [2.05, 4.69) is 10.6 Å². The van der Waals surface area contributed by atoms with Crippen molar-refractivity contribution in [2.45, 2.75) is 58.1 Å². The Labute approximate surface area is 192 Å². The van der Waals surface area contributed by atoms with E-state index in [4.69, 9.17) is 9.84 Å². The number of hydrogen-bond acceptors (Lipinski definition) is 6. The Morgan fingerprint density at radius 2 is 1.91 bits per heavy atom. The largest absolute Gasteiger partial charge is 0.464 e. The number of ether oxygens (including phenoxy) is 1. The minimum absolute atomic E-state index is 0.0250. The Bertz CT molecular complexity index is 900. The average molecular weight is 466 g/mol. The second-order valence-electron chi connectivity index (χ2n) is 9.49. The Hall–Kier alpha value is -3.24.